The van der Waals surface area contributed by atoms with E-state index < -0.39 is 0 Å². The van der Waals surface area contributed by atoms with E-state index in [9.17, 15) is 0 Å². The Balaban J connectivity index is 3.01. The van der Waals surface area contributed by atoms with Gasteiger partial charge in [0.1, 0.15) is 0 Å². The average molecular weight is 175 g/mol. The van der Waals surface area contributed by atoms with Gasteiger partial charge in [0.05, 0.1) is 5.54 Å². The first-order valence-electron chi connectivity index (χ1n) is 4.63. The maximum atomic E-state index is 4.59. The minimum absolute atomic E-state index is 0.161. The molecular weight excluding hydrogens is 158 g/mol. The Kier molecular flexibility index (Phi) is 2.86. The average Bonchev–Trinajstić information content (AvgIpc) is 2.10. The van der Waals surface area contributed by atoms with Crippen molar-refractivity contribution in [1.29, 1.82) is 0 Å². The summed E-state index contributed by atoms with van der Waals surface area (Å²) < 4.78 is 0. The Morgan fingerprint density at radius 3 is 2.85 bits per heavy atom. The molecule has 70 valence electrons. The maximum Gasteiger partial charge on any atom is 0.0856 e. The van der Waals surface area contributed by atoms with Gasteiger partial charge in [0.25, 0.3) is 0 Å². The highest BCUT2D eigenvalue weighted by Gasteiger charge is 2.28. The van der Waals surface area contributed by atoms with Crippen LogP contribution < -0.4 is 0 Å². The van der Waals surface area contributed by atoms with Gasteiger partial charge >= 0.3 is 0 Å². The SMILES string of the molecule is C=CC1(C)N=C(C)C=CC1/C=C\C. The van der Waals surface area contributed by atoms with Crippen LogP contribution in [0, 0.1) is 5.92 Å². The van der Waals surface area contributed by atoms with E-state index in [0.29, 0.717) is 5.92 Å². The number of nitrogens with zero attached hydrogens (tertiary/aromatic N) is 1. The molecular formula is C12H17N. The Morgan fingerprint density at radius 2 is 2.31 bits per heavy atom. The summed E-state index contributed by atoms with van der Waals surface area (Å²) in [6.07, 6.45) is 10.4. The van der Waals surface area contributed by atoms with Gasteiger partial charge in [-0.1, -0.05) is 24.3 Å². The van der Waals surface area contributed by atoms with Crippen molar-refractivity contribution in [2.24, 2.45) is 10.9 Å². The number of hydrogen-bond donors (Lipinski definition) is 0. The van der Waals surface area contributed by atoms with E-state index in [-0.39, 0.29) is 5.54 Å². The zero-order valence-corrected chi connectivity index (χ0v) is 8.62. The molecule has 0 saturated heterocycles. The molecule has 0 saturated carbocycles. The highest BCUT2D eigenvalue weighted by molar-refractivity contribution is 5.94. The van der Waals surface area contributed by atoms with Gasteiger partial charge < -0.3 is 0 Å². The summed E-state index contributed by atoms with van der Waals surface area (Å²) in [7, 11) is 0. The molecule has 0 amide bonds. The Hall–Kier alpha value is -1.11. The van der Waals surface area contributed by atoms with Crippen LogP contribution in [0.5, 0.6) is 0 Å². The topological polar surface area (TPSA) is 12.4 Å². The Labute approximate surface area is 80.6 Å². The molecule has 0 aromatic heterocycles. The van der Waals surface area contributed by atoms with Crippen LogP contribution in [0.4, 0.5) is 0 Å². The molecule has 0 aliphatic carbocycles. The lowest BCUT2D eigenvalue weighted by Crippen LogP contribution is -2.31. The minimum Gasteiger partial charge on any atom is -0.279 e. The van der Waals surface area contributed by atoms with E-state index in [1.807, 2.05) is 19.9 Å². The fraction of sp³-hybridized carbons (Fsp3) is 0.417. The van der Waals surface area contributed by atoms with E-state index in [1.165, 1.54) is 0 Å². The van der Waals surface area contributed by atoms with E-state index in [1.54, 1.807) is 0 Å². The van der Waals surface area contributed by atoms with Crippen LogP contribution in [0.2, 0.25) is 0 Å². The van der Waals surface area contributed by atoms with Crippen molar-refractivity contribution in [3.05, 3.63) is 37.0 Å². The molecule has 1 nitrogen and oxygen atoms in total. The Morgan fingerprint density at radius 1 is 1.62 bits per heavy atom. The standard InChI is InChI=1S/C12H17N/c1-5-7-11-9-8-10(3)13-12(11,4)6-2/h5-9,11H,2H2,1,3-4H3/b7-5-. The van der Waals surface area contributed by atoms with Crippen molar-refractivity contribution in [3.63, 3.8) is 0 Å². The third-order valence-corrected chi connectivity index (χ3v) is 2.45. The molecule has 0 spiro atoms. The molecule has 2 unspecified atom stereocenters. The van der Waals surface area contributed by atoms with Crippen molar-refractivity contribution < 1.29 is 0 Å². The molecule has 0 radical (unpaired) electrons. The number of rotatable bonds is 2. The van der Waals surface area contributed by atoms with Gasteiger partial charge in [0.2, 0.25) is 0 Å². The van der Waals surface area contributed by atoms with Gasteiger partial charge in [-0.3, -0.25) is 4.99 Å². The molecule has 13 heavy (non-hydrogen) atoms. The molecule has 1 aliphatic rings. The minimum atomic E-state index is -0.161. The van der Waals surface area contributed by atoms with E-state index in [4.69, 9.17) is 0 Å². The predicted octanol–water partition coefficient (Wildman–Crippen LogP) is 3.15. The van der Waals surface area contributed by atoms with Gasteiger partial charge in [0, 0.05) is 11.6 Å². The zero-order chi connectivity index (χ0) is 9.90. The van der Waals surface area contributed by atoms with Crippen LogP contribution in [0.3, 0.4) is 0 Å². The summed E-state index contributed by atoms with van der Waals surface area (Å²) in [6, 6.07) is 0. The Bertz CT molecular complexity index is 283. The monoisotopic (exact) mass is 175 g/mol. The number of aliphatic imine (C=N–C) groups is 1. The van der Waals surface area contributed by atoms with Crippen molar-refractivity contribution in [2.75, 3.05) is 0 Å². The summed E-state index contributed by atoms with van der Waals surface area (Å²) >= 11 is 0. The largest absolute Gasteiger partial charge is 0.279 e. The second-order valence-electron chi connectivity index (χ2n) is 3.59. The lowest BCUT2D eigenvalue weighted by atomic mass is 9.83. The summed E-state index contributed by atoms with van der Waals surface area (Å²) in [5.41, 5.74) is 0.911. The van der Waals surface area contributed by atoms with Gasteiger partial charge in [-0.25, -0.2) is 0 Å². The molecule has 0 bridgehead atoms. The first kappa shape index (κ1) is 9.97. The maximum absolute atomic E-state index is 4.59. The van der Waals surface area contributed by atoms with E-state index in [2.05, 4.69) is 42.8 Å². The number of allylic oxidation sites excluding steroid dienone is 2. The first-order valence-corrected chi connectivity index (χ1v) is 4.63. The highest BCUT2D eigenvalue weighted by atomic mass is 14.9. The van der Waals surface area contributed by atoms with Gasteiger partial charge in [-0.2, -0.15) is 0 Å². The molecule has 1 aliphatic heterocycles. The quantitative estimate of drug-likeness (QED) is 0.572. The summed E-state index contributed by atoms with van der Waals surface area (Å²) in [5.74, 6) is 0.346. The number of hydrogen-bond acceptors (Lipinski definition) is 1. The van der Waals surface area contributed by atoms with Gasteiger partial charge in [-0.05, 0) is 26.8 Å². The molecule has 1 heteroatoms. The second kappa shape index (κ2) is 3.73. The smallest absolute Gasteiger partial charge is 0.0856 e. The molecule has 1 rings (SSSR count). The second-order valence-corrected chi connectivity index (χ2v) is 3.59. The van der Waals surface area contributed by atoms with E-state index >= 15 is 0 Å². The van der Waals surface area contributed by atoms with Crippen molar-refractivity contribution in [1.82, 2.24) is 0 Å². The summed E-state index contributed by atoms with van der Waals surface area (Å²) in [5, 5.41) is 0. The van der Waals surface area contributed by atoms with Crippen LogP contribution in [0.1, 0.15) is 20.8 Å². The van der Waals surface area contributed by atoms with Crippen molar-refractivity contribution in [2.45, 2.75) is 26.3 Å². The lowest BCUT2D eigenvalue weighted by molar-refractivity contribution is 0.498. The van der Waals surface area contributed by atoms with Crippen molar-refractivity contribution >= 4 is 5.71 Å². The fourth-order valence-corrected chi connectivity index (χ4v) is 1.58. The highest BCUT2D eigenvalue weighted by Crippen LogP contribution is 2.29. The molecule has 0 fully saturated rings. The van der Waals surface area contributed by atoms with E-state index in [0.717, 1.165) is 5.71 Å². The van der Waals surface area contributed by atoms with Crippen molar-refractivity contribution in [3.8, 4) is 0 Å². The third-order valence-electron chi connectivity index (χ3n) is 2.45. The molecule has 0 aromatic rings. The third kappa shape index (κ3) is 1.97. The lowest BCUT2D eigenvalue weighted by Gasteiger charge is -2.30. The van der Waals surface area contributed by atoms with Crippen LogP contribution in [-0.2, 0) is 0 Å². The van der Waals surface area contributed by atoms with Crippen LogP contribution in [-0.4, -0.2) is 11.3 Å². The van der Waals surface area contributed by atoms with Crippen LogP contribution in [0.25, 0.3) is 0 Å². The predicted molar refractivity (Wildman–Crippen MR) is 59.2 cm³/mol. The van der Waals surface area contributed by atoms with Gasteiger partial charge in [-0.15, -0.1) is 6.58 Å². The normalized spacial score (nSPS) is 33.5. The number of dihydropyridines is 1. The zero-order valence-electron chi connectivity index (χ0n) is 8.62. The fourth-order valence-electron chi connectivity index (χ4n) is 1.58. The van der Waals surface area contributed by atoms with Crippen LogP contribution >= 0.6 is 0 Å². The molecule has 0 aromatic carbocycles. The molecule has 1 heterocycles. The first-order chi connectivity index (χ1) is 6.12. The van der Waals surface area contributed by atoms with Gasteiger partial charge in [0.15, 0.2) is 0 Å². The summed E-state index contributed by atoms with van der Waals surface area (Å²) in [6.45, 7) is 10.0. The summed E-state index contributed by atoms with van der Waals surface area (Å²) in [4.78, 5) is 4.59. The van der Waals surface area contributed by atoms with Crippen LogP contribution in [0.15, 0.2) is 42.0 Å². The molecule has 0 N–H and O–H groups in total. The molecule has 2 atom stereocenters.